The van der Waals surface area contributed by atoms with E-state index >= 15 is 0 Å². The van der Waals surface area contributed by atoms with Crippen molar-refractivity contribution in [3.8, 4) is 0 Å². The molecular formula is C8H17NO2. The van der Waals surface area contributed by atoms with Gasteiger partial charge in [-0.25, -0.2) is 5.48 Å². The molecule has 0 saturated carbocycles. The number of hydrogen-bond donors (Lipinski definition) is 2. The average molecular weight is 159 g/mol. The molecule has 0 spiro atoms. The quantitative estimate of drug-likeness (QED) is 0.364. The molecule has 11 heavy (non-hydrogen) atoms. The van der Waals surface area contributed by atoms with Crippen LogP contribution in [0.4, 0.5) is 0 Å². The highest BCUT2D eigenvalue weighted by atomic mass is 16.5. The number of amides is 1. The summed E-state index contributed by atoms with van der Waals surface area (Å²) in [7, 11) is 0. The first-order chi connectivity index (χ1) is 5.16. The zero-order valence-corrected chi connectivity index (χ0v) is 7.26. The molecule has 0 rings (SSSR count). The second-order valence-corrected chi connectivity index (χ2v) is 3.17. The molecule has 66 valence electrons. The Labute approximate surface area is 67.8 Å². The highest BCUT2D eigenvalue weighted by Gasteiger charge is 1.98. The SMILES string of the molecule is CC(C)CCCCC(=O)NO. The van der Waals surface area contributed by atoms with Crippen LogP contribution in [0.5, 0.6) is 0 Å². The molecule has 0 saturated heterocycles. The minimum absolute atomic E-state index is 0.284. The second-order valence-electron chi connectivity index (χ2n) is 3.17. The van der Waals surface area contributed by atoms with Crippen molar-refractivity contribution < 1.29 is 10.0 Å². The third-order valence-electron chi connectivity index (χ3n) is 1.56. The molecule has 3 nitrogen and oxygen atoms in total. The van der Waals surface area contributed by atoms with E-state index in [4.69, 9.17) is 5.21 Å². The van der Waals surface area contributed by atoms with E-state index in [1.165, 1.54) is 0 Å². The first-order valence-electron chi connectivity index (χ1n) is 4.09. The van der Waals surface area contributed by atoms with Gasteiger partial charge < -0.3 is 0 Å². The van der Waals surface area contributed by atoms with E-state index < -0.39 is 0 Å². The third-order valence-corrected chi connectivity index (χ3v) is 1.56. The molecule has 0 unspecified atom stereocenters. The number of carbonyl (C=O) groups excluding carboxylic acids is 1. The summed E-state index contributed by atoms with van der Waals surface area (Å²) in [6.45, 7) is 4.32. The van der Waals surface area contributed by atoms with Crippen molar-refractivity contribution in [2.24, 2.45) is 5.92 Å². The van der Waals surface area contributed by atoms with E-state index in [0.29, 0.717) is 12.3 Å². The van der Waals surface area contributed by atoms with Gasteiger partial charge in [0.1, 0.15) is 0 Å². The summed E-state index contributed by atoms with van der Waals surface area (Å²) in [6.07, 6.45) is 3.51. The first-order valence-corrected chi connectivity index (χ1v) is 4.09. The molecule has 0 aliphatic rings. The largest absolute Gasteiger partial charge is 0.289 e. The van der Waals surface area contributed by atoms with Gasteiger partial charge in [-0.1, -0.05) is 26.7 Å². The fourth-order valence-corrected chi connectivity index (χ4v) is 0.894. The van der Waals surface area contributed by atoms with Crippen LogP contribution in [0.1, 0.15) is 39.5 Å². The summed E-state index contributed by atoms with van der Waals surface area (Å²) in [6, 6.07) is 0. The van der Waals surface area contributed by atoms with Gasteiger partial charge in [-0.2, -0.15) is 0 Å². The molecular weight excluding hydrogens is 142 g/mol. The van der Waals surface area contributed by atoms with Crippen molar-refractivity contribution in [3.63, 3.8) is 0 Å². The van der Waals surface area contributed by atoms with Gasteiger partial charge in [-0.15, -0.1) is 0 Å². The molecule has 3 heteroatoms. The number of unbranched alkanes of at least 4 members (excludes halogenated alkanes) is 1. The molecule has 0 aliphatic carbocycles. The van der Waals surface area contributed by atoms with Crippen molar-refractivity contribution in [1.29, 1.82) is 0 Å². The van der Waals surface area contributed by atoms with Gasteiger partial charge in [0, 0.05) is 6.42 Å². The maximum Gasteiger partial charge on any atom is 0.243 e. The molecule has 0 aromatic heterocycles. The molecule has 2 N–H and O–H groups in total. The standard InChI is InChI=1S/C8H17NO2/c1-7(2)5-3-4-6-8(10)9-11/h7,11H,3-6H2,1-2H3,(H,9,10). The van der Waals surface area contributed by atoms with Crippen LogP contribution < -0.4 is 5.48 Å². The predicted molar refractivity (Wildman–Crippen MR) is 43.2 cm³/mol. The van der Waals surface area contributed by atoms with E-state index in [9.17, 15) is 4.79 Å². The molecule has 0 bridgehead atoms. The Bertz CT molecular complexity index is 113. The van der Waals surface area contributed by atoms with Gasteiger partial charge in [0.25, 0.3) is 0 Å². The molecule has 0 aliphatic heterocycles. The number of hydroxylamine groups is 1. The maximum atomic E-state index is 10.5. The van der Waals surface area contributed by atoms with Gasteiger partial charge in [0.05, 0.1) is 0 Å². The molecule has 0 atom stereocenters. The Morgan fingerprint density at radius 1 is 1.45 bits per heavy atom. The Kier molecular flexibility index (Phi) is 5.84. The predicted octanol–water partition coefficient (Wildman–Crippen LogP) is 1.71. The topological polar surface area (TPSA) is 49.3 Å². The van der Waals surface area contributed by atoms with Gasteiger partial charge >= 0.3 is 0 Å². The van der Waals surface area contributed by atoms with E-state index in [1.807, 2.05) is 0 Å². The number of hydrogen-bond acceptors (Lipinski definition) is 2. The summed E-state index contributed by atoms with van der Waals surface area (Å²) < 4.78 is 0. The Morgan fingerprint density at radius 2 is 2.09 bits per heavy atom. The second kappa shape index (κ2) is 6.16. The van der Waals surface area contributed by atoms with Crippen LogP contribution in [0.3, 0.4) is 0 Å². The van der Waals surface area contributed by atoms with Crippen molar-refractivity contribution in [2.75, 3.05) is 0 Å². The lowest BCUT2D eigenvalue weighted by Crippen LogP contribution is -2.17. The lowest BCUT2D eigenvalue weighted by molar-refractivity contribution is -0.129. The zero-order valence-electron chi connectivity index (χ0n) is 7.26. The Hall–Kier alpha value is -0.570. The first kappa shape index (κ1) is 10.4. The fraction of sp³-hybridized carbons (Fsp3) is 0.875. The van der Waals surface area contributed by atoms with Crippen LogP contribution >= 0.6 is 0 Å². The van der Waals surface area contributed by atoms with Crippen LogP contribution in [-0.4, -0.2) is 11.1 Å². The van der Waals surface area contributed by atoms with E-state index in [-0.39, 0.29) is 5.91 Å². The minimum Gasteiger partial charge on any atom is -0.289 e. The molecule has 0 radical (unpaired) electrons. The van der Waals surface area contributed by atoms with Crippen molar-refractivity contribution in [3.05, 3.63) is 0 Å². The molecule has 0 aromatic rings. The maximum absolute atomic E-state index is 10.5. The molecule has 1 amide bonds. The van der Waals surface area contributed by atoms with Crippen molar-refractivity contribution in [1.82, 2.24) is 5.48 Å². The van der Waals surface area contributed by atoms with Crippen molar-refractivity contribution in [2.45, 2.75) is 39.5 Å². The van der Waals surface area contributed by atoms with Crippen LogP contribution in [0.25, 0.3) is 0 Å². The molecule has 0 heterocycles. The summed E-state index contributed by atoms with van der Waals surface area (Å²) in [5.74, 6) is 0.418. The Balaban J connectivity index is 3.08. The third kappa shape index (κ3) is 7.33. The Morgan fingerprint density at radius 3 is 2.55 bits per heavy atom. The van der Waals surface area contributed by atoms with E-state index in [2.05, 4.69) is 13.8 Å². The summed E-state index contributed by atoms with van der Waals surface area (Å²) in [5.41, 5.74) is 1.61. The van der Waals surface area contributed by atoms with Crippen LogP contribution in [0.2, 0.25) is 0 Å². The number of nitrogens with one attached hydrogen (secondary N) is 1. The van der Waals surface area contributed by atoms with E-state index in [1.54, 1.807) is 5.48 Å². The van der Waals surface area contributed by atoms with E-state index in [0.717, 1.165) is 19.3 Å². The number of carbonyl (C=O) groups is 1. The van der Waals surface area contributed by atoms with Crippen LogP contribution in [-0.2, 0) is 4.79 Å². The molecule has 0 aromatic carbocycles. The van der Waals surface area contributed by atoms with Crippen molar-refractivity contribution >= 4 is 5.91 Å². The summed E-state index contributed by atoms with van der Waals surface area (Å²) in [4.78, 5) is 10.5. The fourth-order valence-electron chi connectivity index (χ4n) is 0.894. The average Bonchev–Trinajstić information content (AvgIpc) is 1.97. The molecule has 0 fully saturated rings. The number of rotatable bonds is 5. The minimum atomic E-state index is -0.284. The monoisotopic (exact) mass is 159 g/mol. The summed E-state index contributed by atoms with van der Waals surface area (Å²) in [5, 5.41) is 8.14. The van der Waals surface area contributed by atoms with Gasteiger partial charge in [-0.3, -0.25) is 10.0 Å². The zero-order chi connectivity index (χ0) is 8.69. The smallest absolute Gasteiger partial charge is 0.243 e. The van der Waals surface area contributed by atoms with Gasteiger partial charge in [0.15, 0.2) is 0 Å². The normalized spacial score (nSPS) is 10.2. The highest BCUT2D eigenvalue weighted by Crippen LogP contribution is 2.07. The lowest BCUT2D eigenvalue weighted by atomic mass is 10.1. The van der Waals surface area contributed by atoms with Gasteiger partial charge in [0.2, 0.25) is 5.91 Å². The van der Waals surface area contributed by atoms with Crippen LogP contribution in [0.15, 0.2) is 0 Å². The summed E-state index contributed by atoms with van der Waals surface area (Å²) >= 11 is 0. The lowest BCUT2D eigenvalue weighted by Gasteiger charge is -2.02. The van der Waals surface area contributed by atoms with Crippen LogP contribution in [0, 0.1) is 5.92 Å². The highest BCUT2D eigenvalue weighted by molar-refractivity contribution is 5.74. The van der Waals surface area contributed by atoms with Gasteiger partial charge in [-0.05, 0) is 12.3 Å².